The van der Waals surface area contributed by atoms with Crippen molar-refractivity contribution < 1.29 is 19.1 Å². The summed E-state index contributed by atoms with van der Waals surface area (Å²) in [7, 11) is 0. The van der Waals surface area contributed by atoms with E-state index in [1.807, 2.05) is 50.2 Å². The van der Waals surface area contributed by atoms with Crippen molar-refractivity contribution in [2.24, 2.45) is 5.92 Å². The van der Waals surface area contributed by atoms with Gasteiger partial charge in [0.05, 0.1) is 16.9 Å². The summed E-state index contributed by atoms with van der Waals surface area (Å²) in [5.74, 6) is -0.165. The van der Waals surface area contributed by atoms with Gasteiger partial charge in [0.1, 0.15) is 11.5 Å². The van der Waals surface area contributed by atoms with E-state index in [4.69, 9.17) is 9.47 Å². The molecule has 0 amide bonds. The van der Waals surface area contributed by atoms with Gasteiger partial charge in [0.15, 0.2) is 0 Å². The summed E-state index contributed by atoms with van der Waals surface area (Å²) in [6, 6.07) is 18.1. The van der Waals surface area contributed by atoms with E-state index in [0.29, 0.717) is 22.4 Å². The maximum Gasteiger partial charge on any atom is 0.343 e. The van der Waals surface area contributed by atoms with E-state index < -0.39 is 5.97 Å². The average molecular weight is 400 g/mol. The molecule has 1 atom stereocenters. The third kappa shape index (κ3) is 4.13. The highest BCUT2D eigenvalue weighted by atomic mass is 16.5. The molecule has 1 aliphatic carbocycles. The van der Waals surface area contributed by atoms with Gasteiger partial charge in [-0.25, -0.2) is 4.79 Å². The number of allylic oxidation sites excluding steroid dienone is 1. The molecule has 152 valence electrons. The summed E-state index contributed by atoms with van der Waals surface area (Å²) in [5, 5.41) is 1.46. The van der Waals surface area contributed by atoms with Crippen LogP contribution in [0.1, 0.15) is 42.1 Å². The van der Waals surface area contributed by atoms with Crippen molar-refractivity contribution in [1.82, 2.24) is 0 Å². The topological polar surface area (TPSA) is 52.6 Å². The molecule has 3 aromatic rings. The number of aryl methyl sites for hydroxylation is 1. The fraction of sp³-hybridized carbons (Fsp3) is 0.231. The Bertz CT molecular complexity index is 1120. The normalized spacial score (nSPS) is 16.1. The number of carbonyl (C=O) groups excluding carboxylic acids is 2. The molecule has 0 N–H and O–H groups in total. The molecule has 0 saturated heterocycles. The van der Waals surface area contributed by atoms with Crippen molar-refractivity contribution in [1.29, 1.82) is 0 Å². The smallest absolute Gasteiger partial charge is 0.343 e. The van der Waals surface area contributed by atoms with Crippen molar-refractivity contribution in [2.45, 2.75) is 33.1 Å². The van der Waals surface area contributed by atoms with E-state index in [1.165, 1.54) is 0 Å². The molecule has 4 nitrogen and oxygen atoms in total. The molecular weight excluding hydrogens is 376 g/mol. The summed E-state index contributed by atoms with van der Waals surface area (Å²) < 4.78 is 11.5. The third-order valence-corrected chi connectivity index (χ3v) is 5.53. The van der Waals surface area contributed by atoms with E-state index >= 15 is 0 Å². The Labute approximate surface area is 176 Å². The fourth-order valence-electron chi connectivity index (χ4n) is 3.80. The van der Waals surface area contributed by atoms with Crippen LogP contribution in [-0.2, 0) is 4.79 Å². The number of carbonyl (C=O) groups is 2. The molecule has 0 radical (unpaired) electrons. The number of rotatable bonds is 4. The van der Waals surface area contributed by atoms with E-state index in [2.05, 4.69) is 6.08 Å². The third-order valence-electron chi connectivity index (χ3n) is 5.53. The lowest BCUT2D eigenvalue weighted by molar-refractivity contribution is -0.137. The average Bonchev–Trinajstić information content (AvgIpc) is 2.74. The predicted molar refractivity (Wildman–Crippen MR) is 117 cm³/mol. The van der Waals surface area contributed by atoms with Crippen molar-refractivity contribution in [2.75, 3.05) is 0 Å². The summed E-state index contributed by atoms with van der Waals surface area (Å²) in [5.41, 5.74) is 2.59. The number of benzene rings is 3. The summed E-state index contributed by atoms with van der Waals surface area (Å²) in [4.78, 5) is 25.5. The lowest BCUT2D eigenvalue weighted by Gasteiger charge is -2.20. The van der Waals surface area contributed by atoms with Gasteiger partial charge in [-0.15, -0.1) is 0 Å². The minimum absolute atomic E-state index is 0.226. The Morgan fingerprint density at radius 2 is 1.53 bits per heavy atom. The second-order valence-electron chi connectivity index (χ2n) is 7.72. The molecule has 4 heteroatoms. The van der Waals surface area contributed by atoms with Gasteiger partial charge in [-0.3, -0.25) is 4.79 Å². The van der Waals surface area contributed by atoms with Crippen LogP contribution in [0, 0.1) is 12.8 Å². The second-order valence-corrected chi connectivity index (χ2v) is 7.72. The first-order valence-corrected chi connectivity index (χ1v) is 10.2. The first-order chi connectivity index (χ1) is 14.5. The zero-order valence-corrected chi connectivity index (χ0v) is 17.2. The molecule has 30 heavy (non-hydrogen) atoms. The van der Waals surface area contributed by atoms with Crippen molar-refractivity contribution >= 4 is 22.7 Å². The highest BCUT2D eigenvalue weighted by Gasteiger charge is 2.25. The lowest BCUT2D eigenvalue weighted by atomic mass is 9.89. The minimum atomic E-state index is -0.449. The van der Waals surface area contributed by atoms with Crippen LogP contribution >= 0.6 is 0 Å². The van der Waals surface area contributed by atoms with Crippen LogP contribution in [0.2, 0.25) is 0 Å². The second kappa shape index (κ2) is 8.54. The van der Waals surface area contributed by atoms with E-state index in [9.17, 15) is 9.59 Å². The molecule has 0 aromatic heterocycles. The summed E-state index contributed by atoms with van der Waals surface area (Å²) >= 11 is 0. The van der Waals surface area contributed by atoms with Crippen LogP contribution < -0.4 is 9.47 Å². The Balaban J connectivity index is 1.65. The molecule has 1 unspecified atom stereocenters. The molecule has 0 saturated carbocycles. The highest BCUT2D eigenvalue weighted by Crippen LogP contribution is 2.36. The molecule has 3 aromatic carbocycles. The highest BCUT2D eigenvalue weighted by molar-refractivity contribution is 5.99. The monoisotopic (exact) mass is 400 g/mol. The number of fused-ring (bicyclic) bond motifs is 1. The molecule has 0 spiro atoms. The standard InChI is InChI=1S/C26H24O4/c1-17-13-15-20(16-14-17)25(27)29-22-11-5-8-19-9-6-12-23(24(19)22)30-26(28)21-10-4-3-7-18(21)2/h5-9,11-16,21H,3-4,10H2,1-2H3. The number of ether oxygens (including phenoxy) is 2. The SMILES string of the molecule is CC1=CCCCC1C(=O)Oc1cccc2cccc(OC(=O)c3ccc(C)cc3)c12. The first-order valence-electron chi connectivity index (χ1n) is 10.2. The van der Waals surface area contributed by atoms with E-state index in [0.717, 1.165) is 35.8 Å². The van der Waals surface area contributed by atoms with Gasteiger partial charge >= 0.3 is 11.9 Å². The van der Waals surface area contributed by atoms with Crippen LogP contribution in [0.5, 0.6) is 11.5 Å². The van der Waals surface area contributed by atoms with Gasteiger partial charge in [0.25, 0.3) is 0 Å². The van der Waals surface area contributed by atoms with Gasteiger partial charge in [-0.05, 0) is 62.8 Å². The van der Waals surface area contributed by atoms with Crippen LogP contribution in [0.3, 0.4) is 0 Å². The van der Waals surface area contributed by atoms with Crippen molar-refractivity contribution in [3.05, 3.63) is 83.4 Å². The van der Waals surface area contributed by atoms with Gasteiger partial charge in [0.2, 0.25) is 0 Å². The molecule has 4 rings (SSSR count). The zero-order chi connectivity index (χ0) is 21.1. The molecule has 1 aliphatic rings. The van der Waals surface area contributed by atoms with Gasteiger partial charge < -0.3 is 9.47 Å². The predicted octanol–water partition coefficient (Wildman–Crippen LogP) is 6.02. The zero-order valence-electron chi connectivity index (χ0n) is 17.2. The van der Waals surface area contributed by atoms with Gasteiger partial charge in [-0.2, -0.15) is 0 Å². The minimum Gasteiger partial charge on any atom is -0.425 e. The maximum atomic E-state index is 12.8. The number of hydrogen-bond donors (Lipinski definition) is 0. The molecule has 0 bridgehead atoms. The van der Waals surface area contributed by atoms with E-state index in [1.54, 1.807) is 24.3 Å². The van der Waals surface area contributed by atoms with Crippen molar-refractivity contribution in [3.8, 4) is 11.5 Å². The molecule has 0 fully saturated rings. The molecule has 0 aliphatic heterocycles. The number of hydrogen-bond acceptors (Lipinski definition) is 4. The van der Waals surface area contributed by atoms with Crippen molar-refractivity contribution in [3.63, 3.8) is 0 Å². The quantitative estimate of drug-likeness (QED) is 0.305. The maximum absolute atomic E-state index is 12.8. The number of esters is 2. The summed E-state index contributed by atoms with van der Waals surface area (Å²) in [6.45, 7) is 3.94. The van der Waals surface area contributed by atoms with Crippen LogP contribution in [-0.4, -0.2) is 11.9 Å². The van der Waals surface area contributed by atoms with E-state index in [-0.39, 0.29) is 11.9 Å². The largest absolute Gasteiger partial charge is 0.425 e. The Kier molecular flexibility index (Phi) is 5.66. The van der Waals surface area contributed by atoms with Crippen LogP contribution in [0.25, 0.3) is 10.8 Å². The first kappa shape index (κ1) is 19.9. The lowest BCUT2D eigenvalue weighted by Crippen LogP contribution is -2.23. The van der Waals surface area contributed by atoms with Gasteiger partial charge in [0, 0.05) is 0 Å². The molecular formula is C26H24O4. The van der Waals surface area contributed by atoms with Gasteiger partial charge in [-0.1, -0.05) is 53.6 Å². The Morgan fingerprint density at radius 1 is 0.867 bits per heavy atom. The van der Waals surface area contributed by atoms with Crippen LogP contribution in [0.15, 0.2) is 72.3 Å². The summed E-state index contributed by atoms with van der Waals surface area (Å²) in [6.07, 6.45) is 4.88. The molecule has 0 heterocycles. The Morgan fingerprint density at radius 3 is 2.20 bits per heavy atom. The Hall–Kier alpha value is -3.40. The fourth-order valence-corrected chi connectivity index (χ4v) is 3.80. The van der Waals surface area contributed by atoms with Crippen LogP contribution in [0.4, 0.5) is 0 Å².